The number of carbonyl (C=O) groups is 1. The molecule has 0 aliphatic carbocycles. The van der Waals surface area contributed by atoms with Gasteiger partial charge in [-0.3, -0.25) is 4.79 Å². The minimum Gasteiger partial charge on any atom is -0.493 e. The molecule has 144 valence electrons. The van der Waals surface area contributed by atoms with E-state index < -0.39 is 0 Å². The fourth-order valence-electron chi connectivity index (χ4n) is 2.03. The van der Waals surface area contributed by atoms with Gasteiger partial charge in [0.05, 0.1) is 19.9 Å². The van der Waals surface area contributed by atoms with Gasteiger partial charge >= 0.3 is 0 Å². The number of amides is 1. The second kappa shape index (κ2) is 10.4. The highest BCUT2D eigenvalue weighted by molar-refractivity contribution is 6.30. The molecule has 1 amide bonds. The Hall–Kier alpha value is -2.73. The zero-order valence-corrected chi connectivity index (χ0v) is 16.3. The first-order valence-corrected chi connectivity index (χ1v) is 8.87. The lowest BCUT2D eigenvalue weighted by atomic mass is 10.2. The molecule has 2 rings (SSSR count). The van der Waals surface area contributed by atoms with Crippen molar-refractivity contribution in [3.63, 3.8) is 0 Å². The zero-order valence-electron chi connectivity index (χ0n) is 15.6. The van der Waals surface area contributed by atoms with E-state index in [0.717, 1.165) is 5.56 Å². The van der Waals surface area contributed by atoms with E-state index in [2.05, 4.69) is 24.4 Å². The van der Waals surface area contributed by atoms with E-state index in [1.54, 1.807) is 37.4 Å². The number of nitrogens with one attached hydrogen (secondary N) is 1. The first kappa shape index (κ1) is 20.6. The Morgan fingerprint density at radius 1 is 1.15 bits per heavy atom. The van der Waals surface area contributed by atoms with Crippen LogP contribution in [0.25, 0.3) is 0 Å². The fourth-order valence-corrected chi connectivity index (χ4v) is 2.16. The minimum atomic E-state index is -0.370. The van der Waals surface area contributed by atoms with Gasteiger partial charge in [-0.2, -0.15) is 5.10 Å². The molecule has 0 spiro atoms. The molecule has 27 heavy (non-hydrogen) atoms. The van der Waals surface area contributed by atoms with E-state index in [4.69, 9.17) is 25.8 Å². The second-order valence-electron chi connectivity index (χ2n) is 6.15. The van der Waals surface area contributed by atoms with Crippen LogP contribution in [0.2, 0.25) is 5.02 Å². The van der Waals surface area contributed by atoms with Crippen LogP contribution in [0.5, 0.6) is 17.2 Å². The van der Waals surface area contributed by atoms with Crippen molar-refractivity contribution in [1.82, 2.24) is 5.43 Å². The van der Waals surface area contributed by atoms with E-state index >= 15 is 0 Å². The highest BCUT2D eigenvalue weighted by Gasteiger charge is 2.06. The van der Waals surface area contributed by atoms with Gasteiger partial charge in [0.1, 0.15) is 5.75 Å². The molecule has 0 aliphatic rings. The topological polar surface area (TPSA) is 69.2 Å². The monoisotopic (exact) mass is 390 g/mol. The van der Waals surface area contributed by atoms with E-state index in [0.29, 0.717) is 34.8 Å². The molecule has 7 heteroatoms. The maximum atomic E-state index is 11.8. The quantitative estimate of drug-likeness (QED) is 0.520. The summed E-state index contributed by atoms with van der Waals surface area (Å²) in [5.74, 6) is 1.88. The number of hydrazone groups is 1. The van der Waals surface area contributed by atoms with Gasteiger partial charge in [-0.15, -0.1) is 0 Å². The Morgan fingerprint density at radius 2 is 1.89 bits per heavy atom. The van der Waals surface area contributed by atoms with Gasteiger partial charge in [-0.25, -0.2) is 5.43 Å². The molecule has 0 aromatic heterocycles. The summed E-state index contributed by atoms with van der Waals surface area (Å²) in [6, 6.07) is 12.2. The first-order chi connectivity index (χ1) is 13.0. The van der Waals surface area contributed by atoms with Crippen LogP contribution in [0.3, 0.4) is 0 Å². The fraction of sp³-hybridized carbons (Fsp3) is 0.300. The number of nitrogens with zero attached hydrogens (tertiary/aromatic N) is 1. The summed E-state index contributed by atoms with van der Waals surface area (Å²) < 4.78 is 16.4. The Bertz CT molecular complexity index is 776. The average Bonchev–Trinajstić information content (AvgIpc) is 2.66. The molecule has 0 saturated heterocycles. The van der Waals surface area contributed by atoms with Crippen LogP contribution in [0, 0.1) is 5.92 Å². The van der Waals surface area contributed by atoms with Crippen molar-refractivity contribution in [2.75, 3.05) is 20.3 Å². The van der Waals surface area contributed by atoms with Gasteiger partial charge in [-0.1, -0.05) is 25.4 Å². The largest absolute Gasteiger partial charge is 0.493 e. The van der Waals surface area contributed by atoms with Crippen molar-refractivity contribution >= 4 is 23.7 Å². The van der Waals surface area contributed by atoms with Gasteiger partial charge in [-0.05, 0) is 53.9 Å². The zero-order chi connectivity index (χ0) is 19.6. The van der Waals surface area contributed by atoms with Gasteiger partial charge in [0.2, 0.25) is 0 Å². The van der Waals surface area contributed by atoms with Gasteiger partial charge in [0.25, 0.3) is 5.91 Å². The normalized spacial score (nSPS) is 10.9. The third kappa shape index (κ3) is 7.19. The number of hydrogen-bond donors (Lipinski definition) is 1. The maximum Gasteiger partial charge on any atom is 0.277 e. The Morgan fingerprint density at radius 3 is 2.56 bits per heavy atom. The number of hydrogen-bond acceptors (Lipinski definition) is 5. The molecule has 0 saturated carbocycles. The lowest BCUT2D eigenvalue weighted by Crippen LogP contribution is -2.24. The molecule has 0 aliphatic heterocycles. The maximum absolute atomic E-state index is 11.8. The summed E-state index contributed by atoms with van der Waals surface area (Å²) in [7, 11) is 1.58. The minimum absolute atomic E-state index is 0.149. The van der Waals surface area contributed by atoms with Crippen LogP contribution in [0.15, 0.2) is 47.6 Å². The van der Waals surface area contributed by atoms with Crippen LogP contribution in [0.4, 0.5) is 0 Å². The second-order valence-corrected chi connectivity index (χ2v) is 6.59. The lowest BCUT2D eigenvalue weighted by molar-refractivity contribution is -0.123. The highest BCUT2D eigenvalue weighted by Crippen LogP contribution is 2.28. The van der Waals surface area contributed by atoms with Crippen molar-refractivity contribution in [2.24, 2.45) is 11.0 Å². The van der Waals surface area contributed by atoms with Gasteiger partial charge in [0, 0.05) is 5.02 Å². The number of benzene rings is 2. The summed E-state index contributed by atoms with van der Waals surface area (Å²) in [6.45, 7) is 4.61. The number of rotatable bonds is 9. The van der Waals surface area contributed by atoms with Crippen LogP contribution in [0.1, 0.15) is 19.4 Å². The van der Waals surface area contributed by atoms with E-state index in [1.165, 1.54) is 6.21 Å². The smallest absolute Gasteiger partial charge is 0.277 e. The third-order valence-electron chi connectivity index (χ3n) is 3.35. The first-order valence-electron chi connectivity index (χ1n) is 8.49. The molecule has 0 fully saturated rings. The van der Waals surface area contributed by atoms with E-state index in [-0.39, 0.29) is 12.5 Å². The molecule has 2 aromatic carbocycles. The van der Waals surface area contributed by atoms with Crippen LogP contribution in [-0.4, -0.2) is 32.4 Å². The summed E-state index contributed by atoms with van der Waals surface area (Å²) in [6.07, 6.45) is 1.52. The Labute approximate surface area is 164 Å². The number of halogens is 1. The summed E-state index contributed by atoms with van der Waals surface area (Å²) in [5, 5.41) is 4.53. The molecular weight excluding hydrogens is 368 g/mol. The summed E-state index contributed by atoms with van der Waals surface area (Å²) in [5.41, 5.74) is 3.18. The molecule has 0 bridgehead atoms. The number of ether oxygens (including phenoxy) is 3. The Kier molecular flexibility index (Phi) is 7.95. The third-order valence-corrected chi connectivity index (χ3v) is 3.60. The molecule has 0 atom stereocenters. The van der Waals surface area contributed by atoms with Crippen molar-refractivity contribution in [3.05, 3.63) is 53.1 Å². The van der Waals surface area contributed by atoms with Crippen molar-refractivity contribution in [2.45, 2.75) is 13.8 Å². The Balaban J connectivity index is 1.85. The molecule has 6 nitrogen and oxygen atoms in total. The standard InChI is InChI=1S/C20H23ClN2O4/c1-14(2)12-27-18-9-4-15(10-19(18)25-3)11-22-23-20(24)13-26-17-7-5-16(21)6-8-17/h4-11,14H,12-13H2,1-3H3,(H,23,24)/b22-11-. The lowest BCUT2D eigenvalue weighted by Gasteiger charge is -2.12. The summed E-state index contributed by atoms with van der Waals surface area (Å²) >= 11 is 5.79. The molecule has 0 radical (unpaired) electrons. The van der Waals surface area contributed by atoms with Crippen molar-refractivity contribution in [3.8, 4) is 17.2 Å². The average molecular weight is 391 g/mol. The molecule has 2 aromatic rings. The SMILES string of the molecule is COc1cc(/C=N\NC(=O)COc2ccc(Cl)cc2)ccc1OCC(C)C. The molecule has 0 unspecified atom stereocenters. The van der Waals surface area contributed by atoms with Crippen molar-refractivity contribution in [1.29, 1.82) is 0 Å². The van der Waals surface area contributed by atoms with E-state index in [1.807, 2.05) is 12.1 Å². The van der Waals surface area contributed by atoms with Crippen LogP contribution < -0.4 is 19.6 Å². The molecular formula is C20H23ClN2O4. The van der Waals surface area contributed by atoms with Crippen LogP contribution in [-0.2, 0) is 4.79 Å². The van der Waals surface area contributed by atoms with Gasteiger partial charge < -0.3 is 14.2 Å². The molecule has 0 heterocycles. The van der Waals surface area contributed by atoms with E-state index in [9.17, 15) is 4.79 Å². The molecule has 1 N–H and O–H groups in total. The van der Waals surface area contributed by atoms with Crippen LogP contribution >= 0.6 is 11.6 Å². The summed E-state index contributed by atoms with van der Waals surface area (Å²) in [4.78, 5) is 11.8. The van der Waals surface area contributed by atoms with Gasteiger partial charge in [0.15, 0.2) is 18.1 Å². The van der Waals surface area contributed by atoms with Crippen molar-refractivity contribution < 1.29 is 19.0 Å². The predicted octanol–water partition coefficient (Wildman–Crippen LogP) is 3.91. The highest BCUT2D eigenvalue weighted by atomic mass is 35.5. The predicted molar refractivity (Wildman–Crippen MR) is 106 cm³/mol. The number of methoxy groups -OCH3 is 1. The number of carbonyl (C=O) groups excluding carboxylic acids is 1.